The van der Waals surface area contributed by atoms with Gasteiger partial charge in [-0.2, -0.15) is 0 Å². The van der Waals surface area contributed by atoms with Crippen LogP contribution in [0.4, 0.5) is 0 Å². The maximum Gasteiger partial charge on any atom is 0.215 e. The quantitative estimate of drug-likeness (QED) is 0.886. The highest BCUT2D eigenvalue weighted by molar-refractivity contribution is 7.88. The van der Waals surface area contributed by atoms with Gasteiger partial charge in [0.25, 0.3) is 0 Å². The summed E-state index contributed by atoms with van der Waals surface area (Å²) in [4.78, 5) is 5.33. The molecule has 0 spiro atoms. The minimum absolute atomic E-state index is 0.0406. The van der Waals surface area contributed by atoms with Crippen LogP contribution in [0.1, 0.15) is 15.4 Å². The van der Waals surface area contributed by atoms with E-state index in [2.05, 4.69) is 9.71 Å². The maximum atomic E-state index is 11.9. The summed E-state index contributed by atoms with van der Waals surface area (Å²) in [5.74, 6) is -0.0406. The molecule has 4 nitrogen and oxygen atoms in total. The van der Waals surface area contributed by atoms with Crippen LogP contribution in [0.5, 0.6) is 0 Å². The third-order valence-electron chi connectivity index (χ3n) is 2.60. The van der Waals surface area contributed by atoms with Crippen LogP contribution < -0.4 is 4.72 Å². The van der Waals surface area contributed by atoms with Crippen molar-refractivity contribution in [1.82, 2.24) is 9.71 Å². The molecule has 0 aliphatic carbocycles. The molecule has 0 amide bonds. The Morgan fingerprint density at radius 1 is 1.30 bits per heavy atom. The van der Waals surface area contributed by atoms with Crippen LogP contribution in [-0.4, -0.2) is 19.9 Å². The second kappa shape index (κ2) is 6.67. The molecule has 0 atom stereocenters. The standard InChI is InChI=1S/C13H15ClN2O2S2/c1-10-8-15-13(19-10)6-7-16-20(17,18)9-11-2-4-12(14)5-3-11/h2-5,8,16H,6-7,9H2,1H3. The summed E-state index contributed by atoms with van der Waals surface area (Å²) in [5.41, 5.74) is 0.715. The highest BCUT2D eigenvalue weighted by atomic mass is 35.5. The molecule has 1 N–H and O–H groups in total. The van der Waals surface area contributed by atoms with Gasteiger partial charge in [0.2, 0.25) is 10.0 Å². The zero-order valence-electron chi connectivity index (χ0n) is 11.0. The third-order valence-corrected chi connectivity index (χ3v) is 5.18. The second-order valence-corrected chi connectivity index (χ2v) is 7.96. The van der Waals surface area contributed by atoms with Crippen molar-refractivity contribution >= 4 is 33.0 Å². The fourth-order valence-electron chi connectivity index (χ4n) is 1.68. The van der Waals surface area contributed by atoms with Crippen LogP contribution in [0, 0.1) is 6.92 Å². The summed E-state index contributed by atoms with van der Waals surface area (Å²) in [7, 11) is -3.33. The number of nitrogens with one attached hydrogen (secondary N) is 1. The van der Waals surface area contributed by atoms with Gasteiger partial charge < -0.3 is 0 Å². The largest absolute Gasteiger partial charge is 0.249 e. The number of thiazole rings is 1. The summed E-state index contributed by atoms with van der Waals surface area (Å²) in [5, 5.41) is 1.54. The summed E-state index contributed by atoms with van der Waals surface area (Å²) >= 11 is 7.35. The normalized spacial score (nSPS) is 11.7. The van der Waals surface area contributed by atoms with Crippen LogP contribution >= 0.6 is 22.9 Å². The molecular formula is C13H15ClN2O2S2. The second-order valence-electron chi connectivity index (χ2n) is 4.39. The van der Waals surface area contributed by atoms with Gasteiger partial charge in [0.1, 0.15) is 0 Å². The van der Waals surface area contributed by atoms with Crippen molar-refractivity contribution in [2.24, 2.45) is 0 Å². The van der Waals surface area contributed by atoms with E-state index in [0.29, 0.717) is 23.6 Å². The van der Waals surface area contributed by atoms with Crippen molar-refractivity contribution in [3.8, 4) is 0 Å². The number of hydrogen-bond acceptors (Lipinski definition) is 4. The first-order chi connectivity index (χ1) is 9.44. The van der Waals surface area contributed by atoms with Gasteiger partial charge in [-0.1, -0.05) is 23.7 Å². The van der Waals surface area contributed by atoms with E-state index < -0.39 is 10.0 Å². The first kappa shape index (κ1) is 15.4. The minimum atomic E-state index is -3.33. The first-order valence-corrected chi connectivity index (χ1v) is 8.92. The van der Waals surface area contributed by atoms with Crippen LogP contribution in [0.3, 0.4) is 0 Å². The van der Waals surface area contributed by atoms with Crippen molar-refractivity contribution in [2.45, 2.75) is 19.1 Å². The molecule has 0 aliphatic rings. The molecule has 0 bridgehead atoms. The SMILES string of the molecule is Cc1cnc(CCNS(=O)(=O)Cc2ccc(Cl)cc2)s1. The van der Waals surface area contributed by atoms with Crippen molar-refractivity contribution in [3.05, 3.63) is 50.9 Å². The molecule has 1 aromatic heterocycles. The molecule has 0 aliphatic heterocycles. The minimum Gasteiger partial charge on any atom is -0.249 e. The summed E-state index contributed by atoms with van der Waals surface area (Å²) < 4.78 is 26.4. The zero-order valence-corrected chi connectivity index (χ0v) is 13.4. The van der Waals surface area contributed by atoms with Gasteiger partial charge in [-0.3, -0.25) is 0 Å². The predicted molar refractivity (Wildman–Crippen MR) is 82.6 cm³/mol. The van der Waals surface area contributed by atoms with E-state index >= 15 is 0 Å². The topological polar surface area (TPSA) is 59.1 Å². The van der Waals surface area contributed by atoms with Gasteiger partial charge in [0, 0.05) is 29.1 Å². The van der Waals surface area contributed by atoms with Gasteiger partial charge in [0.05, 0.1) is 10.8 Å². The molecule has 2 aromatic rings. The zero-order chi connectivity index (χ0) is 14.6. The Morgan fingerprint density at radius 2 is 2.00 bits per heavy atom. The Hall–Kier alpha value is -0.950. The van der Waals surface area contributed by atoms with Crippen LogP contribution in [0.2, 0.25) is 5.02 Å². The summed E-state index contributed by atoms with van der Waals surface area (Å²) in [6.07, 6.45) is 2.40. The van der Waals surface area contributed by atoms with Crippen molar-refractivity contribution < 1.29 is 8.42 Å². The Kier molecular flexibility index (Phi) is 5.15. The lowest BCUT2D eigenvalue weighted by atomic mass is 10.2. The lowest BCUT2D eigenvalue weighted by molar-refractivity contribution is 0.580. The Labute approximate surface area is 127 Å². The molecule has 1 aromatic carbocycles. The molecule has 0 unspecified atom stereocenters. The van der Waals surface area contributed by atoms with E-state index in [4.69, 9.17) is 11.6 Å². The fourth-order valence-corrected chi connectivity index (χ4v) is 3.74. The molecule has 0 saturated carbocycles. The highest BCUT2D eigenvalue weighted by Gasteiger charge is 2.11. The molecule has 108 valence electrons. The van der Waals surface area contributed by atoms with Gasteiger partial charge in [-0.15, -0.1) is 11.3 Å². The Bertz CT molecular complexity index is 666. The van der Waals surface area contributed by atoms with E-state index in [0.717, 1.165) is 9.88 Å². The van der Waals surface area contributed by atoms with E-state index in [9.17, 15) is 8.42 Å². The number of benzene rings is 1. The molecule has 2 rings (SSSR count). The van der Waals surface area contributed by atoms with Gasteiger partial charge in [0.15, 0.2) is 0 Å². The molecule has 0 fully saturated rings. The number of hydrogen-bond donors (Lipinski definition) is 1. The molecule has 0 radical (unpaired) electrons. The smallest absolute Gasteiger partial charge is 0.215 e. The van der Waals surface area contributed by atoms with E-state index in [-0.39, 0.29) is 5.75 Å². The van der Waals surface area contributed by atoms with Crippen molar-refractivity contribution in [1.29, 1.82) is 0 Å². The first-order valence-electron chi connectivity index (χ1n) is 6.08. The molecule has 7 heteroatoms. The molecular weight excluding hydrogens is 316 g/mol. The van der Waals surface area contributed by atoms with E-state index in [1.165, 1.54) is 0 Å². The van der Waals surface area contributed by atoms with Crippen molar-refractivity contribution in [3.63, 3.8) is 0 Å². The summed E-state index contributed by atoms with van der Waals surface area (Å²) in [6.45, 7) is 2.34. The molecule has 0 saturated heterocycles. The monoisotopic (exact) mass is 330 g/mol. The lowest BCUT2D eigenvalue weighted by Gasteiger charge is -2.06. The van der Waals surface area contributed by atoms with E-state index in [1.807, 2.05) is 6.92 Å². The van der Waals surface area contributed by atoms with E-state index in [1.54, 1.807) is 41.8 Å². The van der Waals surface area contributed by atoms with Crippen molar-refractivity contribution in [2.75, 3.05) is 6.54 Å². The number of rotatable bonds is 6. The maximum absolute atomic E-state index is 11.9. The Morgan fingerprint density at radius 3 is 2.60 bits per heavy atom. The van der Waals surface area contributed by atoms with Gasteiger partial charge in [-0.05, 0) is 24.6 Å². The fraction of sp³-hybridized carbons (Fsp3) is 0.308. The predicted octanol–water partition coefficient (Wildman–Crippen LogP) is 2.77. The number of sulfonamides is 1. The molecule has 1 heterocycles. The Balaban J connectivity index is 1.86. The number of aromatic nitrogens is 1. The number of nitrogens with zero attached hydrogens (tertiary/aromatic N) is 1. The lowest BCUT2D eigenvalue weighted by Crippen LogP contribution is -2.27. The summed E-state index contributed by atoms with van der Waals surface area (Å²) in [6, 6.07) is 6.80. The number of aryl methyl sites for hydroxylation is 1. The van der Waals surface area contributed by atoms with Crippen LogP contribution in [0.15, 0.2) is 30.5 Å². The van der Waals surface area contributed by atoms with Crippen LogP contribution in [0.25, 0.3) is 0 Å². The third kappa shape index (κ3) is 4.86. The number of halogens is 1. The van der Waals surface area contributed by atoms with Crippen LogP contribution in [-0.2, 0) is 22.2 Å². The molecule has 20 heavy (non-hydrogen) atoms. The van der Waals surface area contributed by atoms with Gasteiger partial charge >= 0.3 is 0 Å². The average Bonchev–Trinajstić information content (AvgIpc) is 2.77. The van der Waals surface area contributed by atoms with Gasteiger partial charge in [-0.25, -0.2) is 18.1 Å². The average molecular weight is 331 g/mol. The highest BCUT2D eigenvalue weighted by Crippen LogP contribution is 2.13.